The molecule has 3 unspecified atom stereocenters. The average molecular weight is 296 g/mol. The van der Waals surface area contributed by atoms with Gasteiger partial charge in [0.2, 0.25) is 0 Å². The minimum atomic E-state index is -0.0754. The third-order valence-electron chi connectivity index (χ3n) is 6.30. The number of rotatable bonds is 3. The maximum atomic E-state index is 10.4. The van der Waals surface area contributed by atoms with Crippen molar-refractivity contribution in [2.45, 2.75) is 84.8 Å². The second-order valence-corrected chi connectivity index (χ2v) is 9.06. The summed E-state index contributed by atoms with van der Waals surface area (Å²) in [6, 6.07) is 0.753. The highest BCUT2D eigenvalue weighted by Gasteiger charge is 2.36. The Morgan fingerprint density at radius 1 is 1.00 bits per heavy atom. The molecule has 0 radical (unpaired) electrons. The Morgan fingerprint density at radius 2 is 1.62 bits per heavy atom. The van der Waals surface area contributed by atoms with Crippen LogP contribution in [0.3, 0.4) is 0 Å². The molecule has 2 rings (SSSR count). The lowest BCUT2D eigenvalue weighted by atomic mass is 9.68. The first-order chi connectivity index (χ1) is 9.77. The zero-order chi connectivity index (χ0) is 15.6. The van der Waals surface area contributed by atoms with E-state index in [1.54, 1.807) is 0 Å². The Balaban J connectivity index is 1.87. The lowest BCUT2D eigenvalue weighted by Crippen LogP contribution is -2.44. The fraction of sp³-hybridized carbons (Fsp3) is 1.00. The number of hydrogen-bond acceptors (Lipinski definition) is 2. The van der Waals surface area contributed by atoms with Crippen LogP contribution in [0.25, 0.3) is 0 Å². The zero-order valence-corrected chi connectivity index (χ0v) is 14.9. The molecule has 0 bridgehead atoms. The molecule has 0 aromatic heterocycles. The van der Waals surface area contributed by atoms with Crippen LogP contribution in [-0.2, 0) is 0 Å². The van der Waals surface area contributed by atoms with E-state index in [-0.39, 0.29) is 6.10 Å². The zero-order valence-electron chi connectivity index (χ0n) is 14.9. The molecular weight excluding hydrogens is 258 g/mol. The predicted molar refractivity (Wildman–Crippen MR) is 90.3 cm³/mol. The number of hydrogen-bond donors (Lipinski definition) is 1. The number of nitrogens with zero attached hydrogens (tertiary/aromatic N) is 1. The largest absolute Gasteiger partial charge is 0.393 e. The van der Waals surface area contributed by atoms with Gasteiger partial charge in [-0.2, -0.15) is 0 Å². The van der Waals surface area contributed by atoms with Crippen molar-refractivity contribution in [1.82, 2.24) is 4.90 Å². The molecule has 0 heterocycles. The summed E-state index contributed by atoms with van der Waals surface area (Å²) >= 11 is 0. The van der Waals surface area contributed by atoms with Gasteiger partial charge in [0, 0.05) is 12.6 Å². The van der Waals surface area contributed by atoms with E-state index >= 15 is 0 Å². The summed E-state index contributed by atoms with van der Waals surface area (Å²) in [5, 5.41) is 10.4. The van der Waals surface area contributed by atoms with Crippen molar-refractivity contribution >= 4 is 0 Å². The van der Waals surface area contributed by atoms with E-state index < -0.39 is 0 Å². The van der Waals surface area contributed by atoms with Crippen molar-refractivity contribution in [3.05, 3.63) is 0 Å². The number of aliphatic hydroxyl groups is 1. The topological polar surface area (TPSA) is 23.5 Å². The fourth-order valence-corrected chi connectivity index (χ4v) is 4.43. The third kappa shape index (κ3) is 4.69. The van der Waals surface area contributed by atoms with E-state index in [0.717, 1.165) is 30.8 Å². The predicted octanol–water partition coefficient (Wildman–Crippen LogP) is 4.32. The molecule has 21 heavy (non-hydrogen) atoms. The van der Waals surface area contributed by atoms with Gasteiger partial charge in [-0.05, 0) is 75.2 Å². The van der Waals surface area contributed by atoms with Gasteiger partial charge in [-0.25, -0.2) is 0 Å². The van der Waals surface area contributed by atoms with Gasteiger partial charge in [-0.3, -0.25) is 0 Å². The third-order valence-corrected chi connectivity index (χ3v) is 6.30. The SMILES string of the molecule is CC1CCC(N(C)CC2CC(C(C)(C)C)CCC2O)CC1. The van der Waals surface area contributed by atoms with Gasteiger partial charge in [0.05, 0.1) is 6.10 Å². The summed E-state index contributed by atoms with van der Waals surface area (Å²) in [6.07, 6.45) is 8.80. The first kappa shape index (κ1) is 17.3. The van der Waals surface area contributed by atoms with Crippen LogP contribution in [-0.4, -0.2) is 35.7 Å². The smallest absolute Gasteiger partial charge is 0.0580 e. The van der Waals surface area contributed by atoms with Crippen LogP contribution in [0.2, 0.25) is 0 Å². The summed E-state index contributed by atoms with van der Waals surface area (Å²) < 4.78 is 0. The molecule has 2 aliphatic rings. The molecular formula is C19H37NO. The van der Waals surface area contributed by atoms with Crippen LogP contribution in [0.4, 0.5) is 0 Å². The van der Waals surface area contributed by atoms with Crippen molar-refractivity contribution in [3.63, 3.8) is 0 Å². The van der Waals surface area contributed by atoms with Gasteiger partial charge >= 0.3 is 0 Å². The number of aliphatic hydroxyl groups excluding tert-OH is 1. The molecule has 2 nitrogen and oxygen atoms in total. The highest BCUT2D eigenvalue weighted by atomic mass is 16.3. The molecule has 2 heteroatoms. The van der Waals surface area contributed by atoms with Gasteiger partial charge in [-0.1, -0.05) is 27.7 Å². The summed E-state index contributed by atoms with van der Waals surface area (Å²) in [7, 11) is 2.29. The molecule has 0 aromatic rings. The van der Waals surface area contributed by atoms with E-state index in [1.165, 1.54) is 38.5 Å². The van der Waals surface area contributed by atoms with Gasteiger partial charge < -0.3 is 10.0 Å². The lowest BCUT2D eigenvalue weighted by molar-refractivity contribution is -0.00189. The average Bonchev–Trinajstić information content (AvgIpc) is 2.40. The molecule has 2 aliphatic carbocycles. The molecule has 0 amide bonds. The molecule has 2 fully saturated rings. The van der Waals surface area contributed by atoms with E-state index in [2.05, 4.69) is 39.6 Å². The fourth-order valence-electron chi connectivity index (χ4n) is 4.43. The summed E-state index contributed by atoms with van der Waals surface area (Å²) in [5.41, 5.74) is 0.386. The van der Waals surface area contributed by atoms with Gasteiger partial charge in [-0.15, -0.1) is 0 Å². The lowest BCUT2D eigenvalue weighted by Gasteiger charge is -2.43. The minimum absolute atomic E-state index is 0.0754. The van der Waals surface area contributed by atoms with Crippen molar-refractivity contribution < 1.29 is 5.11 Å². The second kappa shape index (κ2) is 7.00. The molecule has 0 saturated heterocycles. The summed E-state index contributed by atoms with van der Waals surface area (Å²) in [6.45, 7) is 10.6. The van der Waals surface area contributed by atoms with Crippen molar-refractivity contribution in [2.24, 2.45) is 23.2 Å². The molecule has 0 spiro atoms. The maximum absolute atomic E-state index is 10.4. The van der Waals surface area contributed by atoms with Gasteiger partial charge in [0.1, 0.15) is 0 Å². The van der Waals surface area contributed by atoms with E-state index in [0.29, 0.717) is 11.3 Å². The van der Waals surface area contributed by atoms with Crippen LogP contribution in [0.5, 0.6) is 0 Å². The Labute approximate surface area is 132 Å². The molecule has 2 saturated carbocycles. The Kier molecular flexibility index (Phi) is 5.76. The highest BCUT2D eigenvalue weighted by molar-refractivity contribution is 4.88. The van der Waals surface area contributed by atoms with Gasteiger partial charge in [0.25, 0.3) is 0 Å². The van der Waals surface area contributed by atoms with Crippen LogP contribution < -0.4 is 0 Å². The Hall–Kier alpha value is -0.0800. The van der Waals surface area contributed by atoms with E-state index in [9.17, 15) is 5.11 Å². The van der Waals surface area contributed by atoms with Gasteiger partial charge in [0.15, 0.2) is 0 Å². The Bertz CT molecular complexity index is 314. The van der Waals surface area contributed by atoms with E-state index in [4.69, 9.17) is 0 Å². The normalized spacial score (nSPS) is 38.7. The molecule has 1 N–H and O–H groups in total. The first-order valence-electron chi connectivity index (χ1n) is 9.15. The molecule has 0 aromatic carbocycles. The monoisotopic (exact) mass is 295 g/mol. The first-order valence-corrected chi connectivity index (χ1v) is 9.15. The summed E-state index contributed by atoms with van der Waals surface area (Å²) in [5.74, 6) is 2.16. The summed E-state index contributed by atoms with van der Waals surface area (Å²) in [4.78, 5) is 2.56. The standard InChI is InChI=1S/C19H37NO/c1-14-6-9-17(10-7-14)20(5)13-15-12-16(19(2,3)4)8-11-18(15)21/h14-18,21H,6-13H2,1-5H3. The Morgan fingerprint density at radius 3 is 2.19 bits per heavy atom. The quantitative estimate of drug-likeness (QED) is 0.838. The molecule has 0 aliphatic heterocycles. The van der Waals surface area contributed by atoms with Crippen LogP contribution >= 0.6 is 0 Å². The maximum Gasteiger partial charge on any atom is 0.0580 e. The van der Waals surface area contributed by atoms with Crippen LogP contribution in [0, 0.1) is 23.2 Å². The van der Waals surface area contributed by atoms with Crippen molar-refractivity contribution in [1.29, 1.82) is 0 Å². The van der Waals surface area contributed by atoms with E-state index in [1.807, 2.05) is 0 Å². The molecule has 3 atom stereocenters. The second-order valence-electron chi connectivity index (χ2n) is 9.06. The highest BCUT2D eigenvalue weighted by Crippen LogP contribution is 2.41. The van der Waals surface area contributed by atoms with Crippen molar-refractivity contribution in [3.8, 4) is 0 Å². The van der Waals surface area contributed by atoms with Crippen LogP contribution in [0.15, 0.2) is 0 Å². The van der Waals surface area contributed by atoms with Crippen LogP contribution in [0.1, 0.15) is 72.6 Å². The van der Waals surface area contributed by atoms with Crippen molar-refractivity contribution in [2.75, 3.05) is 13.6 Å². The minimum Gasteiger partial charge on any atom is -0.393 e. The molecule has 124 valence electrons.